The summed E-state index contributed by atoms with van der Waals surface area (Å²) in [5.74, 6) is -0.876. The summed E-state index contributed by atoms with van der Waals surface area (Å²) < 4.78 is 16.4. The lowest BCUT2D eigenvalue weighted by Gasteiger charge is -2.10. The molecule has 1 rings (SSSR count). The Bertz CT molecular complexity index is 630. The molecule has 0 spiro atoms. The Balaban J connectivity index is 2.61. The second-order valence-corrected chi connectivity index (χ2v) is 6.23. The van der Waals surface area contributed by atoms with Gasteiger partial charge in [0.1, 0.15) is 0 Å². The van der Waals surface area contributed by atoms with Gasteiger partial charge in [-0.3, -0.25) is 28.9 Å². The number of hydrogen-bond donors (Lipinski definition) is 3. The molecule has 1 aromatic heterocycles. The molecule has 0 unspecified atom stereocenters. The number of nitrogens with zero attached hydrogens (tertiary/aromatic N) is 3. The quantitative estimate of drug-likeness (QED) is 0.181. The first kappa shape index (κ1) is 27.7. The molecule has 0 saturated carbocycles. The highest BCUT2D eigenvalue weighted by molar-refractivity contribution is 5.75. The molecule has 0 aromatic carbocycles. The zero-order valence-electron chi connectivity index (χ0n) is 18.9. The van der Waals surface area contributed by atoms with Gasteiger partial charge in [-0.2, -0.15) is 0 Å². The van der Waals surface area contributed by atoms with Gasteiger partial charge in [0.25, 0.3) is 0 Å². The van der Waals surface area contributed by atoms with Crippen LogP contribution in [0.15, 0.2) is 0 Å². The molecule has 0 atom stereocenters. The summed E-state index contributed by atoms with van der Waals surface area (Å²) in [6.45, 7) is 0.442. The molecule has 0 radical (unpaired) electrons. The van der Waals surface area contributed by atoms with Crippen LogP contribution in [-0.2, 0) is 28.9 Å². The second-order valence-electron chi connectivity index (χ2n) is 6.23. The molecule has 1 heterocycles. The molecule has 1 aromatic rings. The number of hydrogen-bond acceptors (Lipinski definition) is 12. The normalized spacial score (nSPS) is 10.3. The van der Waals surface area contributed by atoms with E-state index in [0.717, 1.165) is 0 Å². The largest absolute Gasteiger partial charge is 0.463 e. The van der Waals surface area contributed by atoms with Crippen molar-refractivity contribution < 1.29 is 43.1 Å². The molecule has 0 bridgehead atoms. The number of rotatable bonds is 18. The summed E-state index contributed by atoms with van der Waals surface area (Å²) in [6.07, 6.45) is 1.69. The number of nitrogens with one attached hydrogen (secondary N) is 3. The van der Waals surface area contributed by atoms with Crippen LogP contribution in [0, 0.1) is 0 Å². The predicted molar refractivity (Wildman–Crippen MR) is 109 cm³/mol. The number of hydroxylamine groups is 3. The van der Waals surface area contributed by atoms with Crippen LogP contribution in [0.25, 0.3) is 0 Å². The fourth-order valence-electron chi connectivity index (χ4n) is 2.20. The van der Waals surface area contributed by atoms with E-state index in [1.165, 1.54) is 21.3 Å². The molecule has 3 N–H and O–H groups in total. The molecule has 0 saturated heterocycles. The highest BCUT2D eigenvalue weighted by atomic mass is 16.6. The van der Waals surface area contributed by atoms with Gasteiger partial charge in [0.15, 0.2) is 0 Å². The molecule has 186 valence electrons. The fourth-order valence-corrected chi connectivity index (χ4v) is 2.20. The molecular formula is C18H30N6O9. The van der Waals surface area contributed by atoms with E-state index >= 15 is 0 Å². The van der Waals surface area contributed by atoms with E-state index in [9.17, 15) is 14.4 Å². The Labute approximate surface area is 190 Å². The maximum atomic E-state index is 11.4. The lowest BCUT2D eigenvalue weighted by molar-refractivity contribution is -0.132. The average Bonchev–Trinajstić information content (AvgIpc) is 2.78. The maximum absolute atomic E-state index is 11.4. The Hall–Kier alpha value is -3.30. The molecule has 15 nitrogen and oxygen atoms in total. The third-order valence-electron chi connectivity index (χ3n) is 3.56. The van der Waals surface area contributed by atoms with Gasteiger partial charge < -0.3 is 14.2 Å². The van der Waals surface area contributed by atoms with Gasteiger partial charge in [-0.1, -0.05) is 0 Å². The van der Waals surface area contributed by atoms with E-state index < -0.39 is 0 Å². The van der Waals surface area contributed by atoms with E-state index in [0.29, 0.717) is 19.3 Å². The predicted octanol–water partition coefficient (Wildman–Crippen LogP) is -0.619. The number of amides is 3. The minimum atomic E-state index is -0.292. The molecule has 0 aliphatic carbocycles. The van der Waals surface area contributed by atoms with Crippen LogP contribution in [0.3, 0.4) is 0 Å². The highest BCUT2D eigenvalue weighted by Gasteiger charge is 2.12. The SMILES string of the molecule is CONC(=O)CCCOc1nc(OCCCC(=O)NOC)nc(OCCCC(=O)NOC)n1. The second kappa shape index (κ2) is 17.3. The van der Waals surface area contributed by atoms with Crippen molar-refractivity contribution in [2.45, 2.75) is 38.5 Å². The minimum Gasteiger partial charge on any atom is -0.463 e. The Morgan fingerprint density at radius 2 is 0.848 bits per heavy atom. The number of aromatic nitrogens is 3. The van der Waals surface area contributed by atoms with Gasteiger partial charge in [-0.05, 0) is 19.3 Å². The van der Waals surface area contributed by atoms with Crippen LogP contribution >= 0.6 is 0 Å². The van der Waals surface area contributed by atoms with Crippen molar-refractivity contribution in [3.05, 3.63) is 0 Å². The molecular weight excluding hydrogens is 444 g/mol. The molecule has 15 heteroatoms. The number of ether oxygens (including phenoxy) is 3. The zero-order chi connectivity index (χ0) is 24.3. The van der Waals surface area contributed by atoms with Crippen molar-refractivity contribution in [2.75, 3.05) is 41.2 Å². The summed E-state index contributed by atoms with van der Waals surface area (Å²) in [5, 5.41) is 0. The van der Waals surface area contributed by atoms with E-state index in [-0.39, 0.29) is 74.8 Å². The van der Waals surface area contributed by atoms with E-state index in [1.807, 2.05) is 0 Å². The van der Waals surface area contributed by atoms with Crippen LogP contribution in [0.5, 0.6) is 18.0 Å². The van der Waals surface area contributed by atoms with Gasteiger partial charge in [-0.25, -0.2) is 16.4 Å². The summed E-state index contributed by atoms with van der Waals surface area (Å²) in [6, 6.07) is -0.177. The molecule has 0 fully saturated rings. The van der Waals surface area contributed by atoms with Crippen LogP contribution in [0.1, 0.15) is 38.5 Å². The first-order chi connectivity index (χ1) is 16.0. The van der Waals surface area contributed by atoms with Gasteiger partial charge >= 0.3 is 18.0 Å². The van der Waals surface area contributed by atoms with Crippen molar-refractivity contribution in [1.82, 2.24) is 31.4 Å². The van der Waals surface area contributed by atoms with Crippen LogP contribution < -0.4 is 30.7 Å². The van der Waals surface area contributed by atoms with Gasteiger partial charge in [0.2, 0.25) is 17.7 Å². The van der Waals surface area contributed by atoms with Crippen molar-refractivity contribution in [1.29, 1.82) is 0 Å². The summed E-state index contributed by atoms with van der Waals surface area (Å²) >= 11 is 0. The number of carbonyl (C=O) groups is 3. The monoisotopic (exact) mass is 474 g/mol. The summed E-state index contributed by atoms with van der Waals surface area (Å²) in [4.78, 5) is 59.9. The van der Waals surface area contributed by atoms with Crippen molar-refractivity contribution in [3.8, 4) is 18.0 Å². The molecule has 0 aliphatic heterocycles. The smallest absolute Gasteiger partial charge is 0.325 e. The molecule has 3 amide bonds. The number of carbonyl (C=O) groups excluding carboxylic acids is 3. The van der Waals surface area contributed by atoms with Gasteiger partial charge in [0.05, 0.1) is 41.2 Å². The fraction of sp³-hybridized carbons (Fsp3) is 0.667. The summed E-state index contributed by atoms with van der Waals surface area (Å²) in [5.41, 5.74) is 6.61. The maximum Gasteiger partial charge on any atom is 0.325 e. The lowest BCUT2D eigenvalue weighted by Crippen LogP contribution is -2.22. The van der Waals surface area contributed by atoms with E-state index in [4.69, 9.17) is 14.2 Å². The third kappa shape index (κ3) is 13.7. The van der Waals surface area contributed by atoms with Crippen LogP contribution in [0.4, 0.5) is 0 Å². The molecule has 33 heavy (non-hydrogen) atoms. The zero-order valence-corrected chi connectivity index (χ0v) is 18.9. The van der Waals surface area contributed by atoms with Crippen molar-refractivity contribution in [3.63, 3.8) is 0 Å². The first-order valence-electron chi connectivity index (χ1n) is 10.1. The van der Waals surface area contributed by atoms with Crippen LogP contribution in [0.2, 0.25) is 0 Å². The highest BCUT2D eigenvalue weighted by Crippen LogP contribution is 2.16. The third-order valence-corrected chi connectivity index (χ3v) is 3.56. The van der Waals surface area contributed by atoms with Gasteiger partial charge in [-0.15, -0.1) is 15.0 Å². The lowest BCUT2D eigenvalue weighted by atomic mass is 10.3. The Kier molecular flexibility index (Phi) is 14.5. The van der Waals surface area contributed by atoms with Crippen LogP contribution in [-0.4, -0.2) is 73.8 Å². The van der Waals surface area contributed by atoms with Crippen molar-refractivity contribution >= 4 is 17.7 Å². The van der Waals surface area contributed by atoms with E-state index in [2.05, 4.69) is 45.9 Å². The topological polar surface area (TPSA) is 181 Å². The van der Waals surface area contributed by atoms with Crippen molar-refractivity contribution in [2.24, 2.45) is 0 Å². The first-order valence-corrected chi connectivity index (χ1v) is 10.1. The molecule has 0 aliphatic rings. The standard InChI is InChI=1S/C18H30N6O9/c1-28-22-13(25)7-4-10-31-16-19-17(32-11-5-8-14(26)23-29-2)21-18(20-16)33-12-6-9-15(27)24-30-3/h4-12H2,1-3H3,(H,22,25)(H,23,26)(H,24,27). The average molecular weight is 474 g/mol. The Morgan fingerprint density at radius 3 is 1.09 bits per heavy atom. The van der Waals surface area contributed by atoms with Gasteiger partial charge in [0, 0.05) is 19.3 Å². The summed E-state index contributed by atoms with van der Waals surface area (Å²) in [7, 11) is 4.03. The minimum absolute atomic E-state index is 0.0589. The van der Waals surface area contributed by atoms with E-state index in [1.54, 1.807) is 0 Å². The Morgan fingerprint density at radius 1 is 0.576 bits per heavy atom.